The zero-order valence-electron chi connectivity index (χ0n) is 15.8. The molecule has 0 spiro atoms. The minimum Gasteiger partial charge on any atom is -0.492 e. The highest BCUT2D eigenvalue weighted by molar-refractivity contribution is 5.83. The number of aromatic amines is 1. The summed E-state index contributed by atoms with van der Waals surface area (Å²) in [6, 6.07) is 13.9. The number of nitrogens with one attached hydrogen (secondary N) is 3. The summed E-state index contributed by atoms with van der Waals surface area (Å²) >= 11 is 0. The summed E-state index contributed by atoms with van der Waals surface area (Å²) in [6.07, 6.45) is 2.99. The average Bonchev–Trinajstić information content (AvgIpc) is 3.36. The first-order valence-corrected chi connectivity index (χ1v) is 9.35. The second kappa shape index (κ2) is 8.56. The zero-order chi connectivity index (χ0) is 19.2. The lowest BCUT2D eigenvalue weighted by Gasteiger charge is -2.12. The fourth-order valence-corrected chi connectivity index (χ4v) is 3.18. The summed E-state index contributed by atoms with van der Waals surface area (Å²) < 4.78 is 16.4. The van der Waals surface area contributed by atoms with Crippen LogP contribution < -0.4 is 24.8 Å². The van der Waals surface area contributed by atoms with Crippen LogP contribution in [0.15, 0.2) is 53.7 Å². The topological polar surface area (TPSA) is 79.9 Å². The number of benzene rings is 2. The maximum atomic E-state index is 5.75. The normalized spacial score (nSPS) is 13.0. The van der Waals surface area contributed by atoms with E-state index in [4.69, 9.17) is 14.2 Å². The monoisotopic (exact) mass is 380 g/mol. The van der Waals surface area contributed by atoms with E-state index in [-0.39, 0.29) is 6.79 Å². The van der Waals surface area contributed by atoms with Gasteiger partial charge in [-0.3, -0.25) is 4.99 Å². The van der Waals surface area contributed by atoms with E-state index in [0.29, 0.717) is 13.2 Å². The molecule has 4 rings (SSSR count). The molecule has 3 N–H and O–H groups in total. The average molecular weight is 380 g/mol. The van der Waals surface area contributed by atoms with Crippen molar-refractivity contribution in [2.45, 2.75) is 6.42 Å². The first-order valence-electron chi connectivity index (χ1n) is 9.35. The summed E-state index contributed by atoms with van der Waals surface area (Å²) in [5, 5.41) is 7.87. The van der Waals surface area contributed by atoms with E-state index < -0.39 is 0 Å². The Hall–Kier alpha value is -3.35. The Balaban J connectivity index is 1.19. The highest BCUT2D eigenvalue weighted by Crippen LogP contribution is 2.34. The molecule has 2 heterocycles. The van der Waals surface area contributed by atoms with Crippen LogP contribution in [-0.2, 0) is 6.42 Å². The van der Waals surface area contributed by atoms with Crippen LogP contribution in [0.1, 0.15) is 5.56 Å². The van der Waals surface area contributed by atoms with Gasteiger partial charge < -0.3 is 29.8 Å². The molecule has 146 valence electrons. The molecule has 28 heavy (non-hydrogen) atoms. The number of hydrogen-bond acceptors (Lipinski definition) is 4. The number of hydrogen-bond donors (Lipinski definition) is 3. The van der Waals surface area contributed by atoms with Crippen LogP contribution in [0.2, 0.25) is 0 Å². The summed E-state index contributed by atoms with van der Waals surface area (Å²) in [6.45, 7) is 2.22. The molecular weight excluding hydrogens is 356 g/mol. The second-order valence-corrected chi connectivity index (χ2v) is 6.40. The van der Waals surface area contributed by atoms with Gasteiger partial charge in [0.15, 0.2) is 17.5 Å². The molecule has 0 radical (unpaired) electrons. The minimum absolute atomic E-state index is 0.265. The van der Waals surface area contributed by atoms with Crippen LogP contribution in [0.3, 0.4) is 0 Å². The summed E-state index contributed by atoms with van der Waals surface area (Å²) in [5.41, 5.74) is 2.46. The van der Waals surface area contributed by atoms with Crippen LogP contribution in [0.5, 0.6) is 17.2 Å². The fraction of sp³-hybridized carbons (Fsp3) is 0.286. The predicted molar refractivity (Wildman–Crippen MR) is 109 cm³/mol. The van der Waals surface area contributed by atoms with Crippen molar-refractivity contribution in [2.24, 2.45) is 4.99 Å². The van der Waals surface area contributed by atoms with Gasteiger partial charge in [0.1, 0.15) is 12.4 Å². The van der Waals surface area contributed by atoms with Gasteiger partial charge in [-0.25, -0.2) is 0 Å². The van der Waals surface area contributed by atoms with Crippen LogP contribution in [0.25, 0.3) is 10.9 Å². The molecular formula is C21H24N4O3. The maximum Gasteiger partial charge on any atom is 0.231 e. The van der Waals surface area contributed by atoms with Crippen molar-refractivity contribution in [3.05, 3.63) is 54.2 Å². The number of nitrogens with zero attached hydrogens (tertiary/aromatic N) is 1. The SMILES string of the molecule is CN=C(NCCOc1ccc2c(c1)OCO2)NCCc1c[nH]c2ccccc12. The molecule has 0 fully saturated rings. The minimum atomic E-state index is 0.265. The van der Waals surface area contributed by atoms with E-state index in [1.54, 1.807) is 7.05 Å². The standard InChI is InChI=1S/C21H24N4O3/c1-22-21(23-9-8-15-13-25-18-5-3-2-4-17(15)18)24-10-11-26-16-6-7-19-20(12-16)28-14-27-19/h2-7,12-13,25H,8-11,14H2,1H3,(H2,22,23,24). The molecule has 0 saturated heterocycles. The van der Waals surface area contributed by atoms with E-state index in [1.807, 2.05) is 24.3 Å². The number of aromatic nitrogens is 1. The van der Waals surface area contributed by atoms with Gasteiger partial charge in [0, 0.05) is 36.8 Å². The van der Waals surface area contributed by atoms with Gasteiger partial charge >= 0.3 is 0 Å². The molecule has 3 aromatic rings. The Labute approximate surface area is 163 Å². The van der Waals surface area contributed by atoms with Crippen molar-refractivity contribution in [1.82, 2.24) is 15.6 Å². The quantitative estimate of drug-likeness (QED) is 0.334. The van der Waals surface area contributed by atoms with E-state index in [1.165, 1.54) is 16.5 Å². The Kier molecular flexibility index (Phi) is 5.51. The van der Waals surface area contributed by atoms with Gasteiger partial charge in [-0.1, -0.05) is 18.2 Å². The van der Waals surface area contributed by atoms with Crippen LogP contribution >= 0.6 is 0 Å². The first kappa shape index (κ1) is 18.0. The predicted octanol–water partition coefficient (Wildman–Crippen LogP) is 2.68. The number of fused-ring (bicyclic) bond motifs is 2. The third-order valence-corrected chi connectivity index (χ3v) is 4.59. The molecule has 0 bridgehead atoms. The summed E-state index contributed by atoms with van der Waals surface area (Å²) in [5.74, 6) is 2.99. The van der Waals surface area contributed by atoms with Crippen molar-refractivity contribution in [3.63, 3.8) is 0 Å². The Morgan fingerprint density at radius 3 is 2.89 bits per heavy atom. The first-order chi connectivity index (χ1) is 13.8. The molecule has 1 aliphatic rings. The third-order valence-electron chi connectivity index (χ3n) is 4.59. The van der Waals surface area contributed by atoms with Crippen LogP contribution in [0.4, 0.5) is 0 Å². The lowest BCUT2D eigenvalue weighted by molar-refractivity contribution is 0.173. The van der Waals surface area contributed by atoms with E-state index in [0.717, 1.165) is 36.2 Å². The van der Waals surface area contributed by atoms with Crippen LogP contribution in [-0.4, -0.2) is 44.5 Å². The second-order valence-electron chi connectivity index (χ2n) is 6.40. The highest BCUT2D eigenvalue weighted by atomic mass is 16.7. The largest absolute Gasteiger partial charge is 0.492 e. The molecule has 2 aromatic carbocycles. The Bertz CT molecular complexity index is 967. The number of para-hydroxylation sites is 1. The van der Waals surface area contributed by atoms with Crippen molar-refractivity contribution < 1.29 is 14.2 Å². The molecule has 0 aliphatic carbocycles. The van der Waals surface area contributed by atoms with Crippen molar-refractivity contribution in [3.8, 4) is 17.2 Å². The van der Waals surface area contributed by atoms with E-state index >= 15 is 0 Å². The van der Waals surface area contributed by atoms with Gasteiger partial charge in [-0.2, -0.15) is 0 Å². The lowest BCUT2D eigenvalue weighted by atomic mass is 10.1. The molecule has 1 aliphatic heterocycles. The van der Waals surface area contributed by atoms with Gasteiger partial charge in [0.2, 0.25) is 6.79 Å². The number of rotatable bonds is 7. The molecule has 0 saturated carbocycles. The molecule has 7 nitrogen and oxygen atoms in total. The molecule has 7 heteroatoms. The number of H-pyrrole nitrogens is 1. The Morgan fingerprint density at radius 1 is 1.11 bits per heavy atom. The summed E-state index contributed by atoms with van der Waals surface area (Å²) in [7, 11) is 1.76. The molecule has 0 atom stereocenters. The Morgan fingerprint density at radius 2 is 1.96 bits per heavy atom. The van der Waals surface area contributed by atoms with Crippen LogP contribution in [0, 0.1) is 0 Å². The maximum absolute atomic E-state index is 5.75. The zero-order valence-corrected chi connectivity index (χ0v) is 15.8. The number of ether oxygens (including phenoxy) is 3. The molecule has 0 amide bonds. The molecule has 1 aromatic heterocycles. The lowest BCUT2D eigenvalue weighted by Crippen LogP contribution is -2.40. The van der Waals surface area contributed by atoms with Crippen molar-refractivity contribution in [2.75, 3.05) is 33.5 Å². The van der Waals surface area contributed by atoms with E-state index in [2.05, 4.69) is 45.0 Å². The number of guanidine groups is 1. The van der Waals surface area contributed by atoms with Gasteiger partial charge in [0.25, 0.3) is 0 Å². The highest BCUT2D eigenvalue weighted by Gasteiger charge is 2.13. The molecule has 0 unspecified atom stereocenters. The van der Waals surface area contributed by atoms with Gasteiger partial charge in [0.05, 0.1) is 6.54 Å². The van der Waals surface area contributed by atoms with Gasteiger partial charge in [-0.15, -0.1) is 0 Å². The van der Waals surface area contributed by atoms with Crippen molar-refractivity contribution in [1.29, 1.82) is 0 Å². The fourth-order valence-electron chi connectivity index (χ4n) is 3.18. The van der Waals surface area contributed by atoms with Gasteiger partial charge in [-0.05, 0) is 30.2 Å². The van der Waals surface area contributed by atoms with E-state index in [9.17, 15) is 0 Å². The number of aliphatic imine (C=N–C) groups is 1. The van der Waals surface area contributed by atoms with Crippen molar-refractivity contribution >= 4 is 16.9 Å². The summed E-state index contributed by atoms with van der Waals surface area (Å²) in [4.78, 5) is 7.56. The third kappa shape index (κ3) is 4.14. The smallest absolute Gasteiger partial charge is 0.231 e.